The normalized spacial score (nSPS) is 14.2. The summed E-state index contributed by atoms with van der Waals surface area (Å²) in [6.07, 6.45) is 1.92. The van der Waals surface area contributed by atoms with Gasteiger partial charge in [0.2, 0.25) is 0 Å². The summed E-state index contributed by atoms with van der Waals surface area (Å²) in [5.74, 6) is 5.46. The molecule has 0 aromatic carbocycles. The van der Waals surface area contributed by atoms with Crippen LogP contribution in [0, 0.1) is 0 Å². The van der Waals surface area contributed by atoms with Gasteiger partial charge in [0.15, 0.2) is 0 Å². The highest BCUT2D eigenvalue weighted by molar-refractivity contribution is 4.92. The highest BCUT2D eigenvalue weighted by atomic mass is 16.5. The van der Waals surface area contributed by atoms with Gasteiger partial charge in [0, 0.05) is 13.2 Å². The fraction of sp³-hybridized carbons (Fsp3) is 0.800. The lowest BCUT2D eigenvalue weighted by atomic mass is 9.93. The van der Waals surface area contributed by atoms with E-state index < -0.39 is 0 Å². The van der Waals surface area contributed by atoms with E-state index in [4.69, 9.17) is 10.6 Å². The third kappa shape index (κ3) is 4.41. The molecule has 0 aromatic rings. The van der Waals surface area contributed by atoms with Gasteiger partial charge < -0.3 is 4.74 Å². The van der Waals surface area contributed by atoms with Crippen molar-refractivity contribution in [2.24, 2.45) is 5.84 Å². The molecule has 1 unspecified atom stereocenters. The Morgan fingerprint density at radius 3 is 2.46 bits per heavy atom. The van der Waals surface area contributed by atoms with Crippen molar-refractivity contribution in [3.8, 4) is 0 Å². The fourth-order valence-corrected chi connectivity index (χ4v) is 1.16. The number of hydrogen-bond donors (Lipinski definition) is 2. The second kappa shape index (κ2) is 5.37. The Morgan fingerprint density at radius 1 is 1.62 bits per heavy atom. The first-order valence-corrected chi connectivity index (χ1v) is 4.59. The van der Waals surface area contributed by atoms with E-state index >= 15 is 0 Å². The van der Waals surface area contributed by atoms with E-state index in [2.05, 4.69) is 12.0 Å². The molecule has 13 heavy (non-hydrogen) atoms. The van der Waals surface area contributed by atoms with Crippen molar-refractivity contribution >= 4 is 0 Å². The number of ether oxygens (including phenoxy) is 1. The molecule has 0 saturated carbocycles. The molecule has 1 atom stereocenters. The minimum Gasteiger partial charge on any atom is -0.377 e. The van der Waals surface area contributed by atoms with Crippen molar-refractivity contribution in [1.29, 1.82) is 0 Å². The molecule has 0 spiro atoms. The molecule has 0 fully saturated rings. The number of hydrogen-bond acceptors (Lipinski definition) is 3. The van der Waals surface area contributed by atoms with Crippen LogP contribution in [0.15, 0.2) is 12.2 Å². The number of methoxy groups -OCH3 is 1. The standard InChI is InChI=1S/C10H22N2O/c1-8(2)6-7-9(12-11)10(3,4)13-5/h9,12H,1,6-7,11H2,2-5H3. The smallest absolute Gasteiger partial charge is 0.0788 e. The van der Waals surface area contributed by atoms with E-state index in [-0.39, 0.29) is 11.6 Å². The molecule has 3 nitrogen and oxygen atoms in total. The molecule has 3 N–H and O–H groups in total. The topological polar surface area (TPSA) is 47.3 Å². The van der Waals surface area contributed by atoms with Crippen molar-refractivity contribution in [2.45, 2.75) is 45.3 Å². The molecule has 0 amide bonds. The molecule has 0 rings (SSSR count). The average molecular weight is 186 g/mol. The molecule has 0 aliphatic rings. The van der Waals surface area contributed by atoms with Gasteiger partial charge in [0.05, 0.1) is 5.60 Å². The quantitative estimate of drug-likeness (QED) is 0.376. The Balaban J connectivity index is 4.09. The van der Waals surface area contributed by atoms with Gasteiger partial charge in [-0.05, 0) is 33.6 Å². The van der Waals surface area contributed by atoms with E-state index in [0.29, 0.717) is 0 Å². The Morgan fingerprint density at radius 2 is 2.15 bits per heavy atom. The van der Waals surface area contributed by atoms with Crippen molar-refractivity contribution in [3.63, 3.8) is 0 Å². The molecule has 78 valence electrons. The first-order valence-electron chi connectivity index (χ1n) is 4.59. The van der Waals surface area contributed by atoms with Crippen LogP contribution in [0.3, 0.4) is 0 Å². The fourth-order valence-electron chi connectivity index (χ4n) is 1.16. The Kier molecular flexibility index (Phi) is 5.21. The summed E-state index contributed by atoms with van der Waals surface area (Å²) >= 11 is 0. The molecular weight excluding hydrogens is 164 g/mol. The van der Waals surface area contributed by atoms with E-state index in [1.807, 2.05) is 20.8 Å². The maximum atomic E-state index is 5.46. The molecule has 0 aromatic heterocycles. The summed E-state index contributed by atoms with van der Waals surface area (Å²) in [7, 11) is 1.70. The van der Waals surface area contributed by atoms with Crippen LogP contribution in [-0.4, -0.2) is 18.8 Å². The second-order valence-electron chi connectivity index (χ2n) is 4.02. The van der Waals surface area contributed by atoms with Gasteiger partial charge in [-0.1, -0.05) is 5.57 Å². The van der Waals surface area contributed by atoms with E-state index in [1.165, 1.54) is 5.57 Å². The summed E-state index contributed by atoms with van der Waals surface area (Å²) < 4.78 is 5.35. The predicted octanol–water partition coefficient (Wildman–Crippen LogP) is 1.60. The Hall–Kier alpha value is -0.380. The van der Waals surface area contributed by atoms with Crippen molar-refractivity contribution in [1.82, 2.24) is 5.43 Å². The lowest BCUT2D eigenvalue weighted by molar-refractivity contribution is -0.0124. The van der Waals surface area contributed by atoms with Crippen LogP contribution in [0.4, 0.5) is 0 Å². The van der Waals surface area contributed by atoms with E-state index in [1.54, 1.807) is 7.11 Å². The average Bonchev–Trinajstić information content (AvgIpc) is 2.04. The van der Waals surface area contributed by atoms with Gasteiger partial charge in [0.1, 0.15) is 0 Å². The minimum atomic E-state index is -0.232. The Labute approximate surface area is 81.3 Å². The van der Waals surface area contributed by atoms with Gasteiger partial charge in [-0.25, -0.2) is 0 Å². The van der Waals surface area contributed by atoms with Crippen LogP contribution in [0.1, 0.15) is 33.6 Å². The van der Waals surface area contributed by atoms with Crippen LogP contribution in [-0.2, 0) is 4.74 Å². The van der Waals surface area contributed by atoms with Gasteiger partial charge in [-0.2, -0.15) is 0 Å². The summed E-state index contributed by atoms with van der Waals surface area (Å²) in [6, 6.07) is 0.161. The summed E-state index contributed by atoms with van der Waals surface area (Å²) in [5.41, 5.74) is 3.72. The summed E-state index contributed by atoms with van der Waals surface area (Å²) in [6.45, 7) is 9.93. The van der Waals surface area contributed by atoms with Crippen molar-refractivity contribution < 1.29 is 4.74 Å². The van der Waals surface area contributed by atoms with Crippen molar-refractivity contribution in [3.05, 3.63) is 12.2 Å². The largest absolute Gasteiger partial charge is 0.377 e. The van der Waals surface area contributed by atoms with Crippen LogP contribution < -0.4 is 11.3 Å². The third-order valence-corrected chi connectivity index (χ3v) is 2.43. The van der Waals surface area contributed by atoms with Crippen LogP contribution in [0.25, 0.3) is 0 Å². The number of nitrogens with two attached hydrogens (primary N) is 1. The molecule has 0 aliphatic carbocycles. The SMILES string of the molecule is C=C(C)CCC(NN)C(C)(C)OC. The Bertz CT molecular complexity index is 166. The monoisotopic (exact) mass is 186 g/mol. The van der Waals surface area contributed by atoms with Gasteiger partial charge in [0.25, 0.3) is 0 Å². The van der Waals surface area contributed by atoms with Crippen LogP contribution in [0.2, 0.25) is 0 Å². The highest BCUT2D eigenvalue weighted by Gasteiger charge is 2.27. The maximum Gasteiger partial charge on any atom is 0.0788 e. The lowest BCUT2D eigenvalue weighted by Crippen LogP contribution is -2.50. The molecule has 3 heteroatoms. The molecule has 0 saturated heterocycles. The molecule has 0 heterocycles. The third-order valence-electron chi connectivity index (χ3n) is 2.43. The summed E-state index contributed by atoms with van der Waals surface area (Å²) in [4.78, 5) is 0. The van der Waals surface area contributed by atoms with Crippen molar-refractivity contribution in [2.75, 3.05) is 7.11 Å². The number of nitrogens with one attached hydrogen (secondary N) is 1. The highest BCUT2D eigenvalue weighted by Crippen LogP contribution is 2.18. The number of rotatable bonds is 6. The van der Waals surface area contributed by atoms with Gasteiger partial charge in [-0.15, -0.1) is 6.58 Å². The minimum absolute atomic E-state index is 0.161. The molecule has 0 radical (unpaired) electrons. The predicted molar refractivity (Wildman–Crippen MR) is 56.2 cm³/mol. The van der Waals surface area contributed by atoms with Crippen LogP contribution >= 0.6 is 0 Å². The number of allylic oxidation sites excluding steroid dienone is 1. The van der Waals surface area contributed by atoms with E-state index in [0.717, 1.165) is 12.8 Å². The van der Waals surface area contributed by atoms with Gasteiger partial charge >= 0.3 is 0 Å². The van der Waals surface area contributed by atoms with Crippen LogP contribution in [0.5, 0.6) is 0 Å². The zero-order valence-electron chi connectivity index (χ0n) is 9.18. The van der Waals surface area contributed by atoms with E-state index in [9.17, 15) is 0 Å². The first-order chi connectivity index (χ1) is 5.94. The lowest BCUT2D eigenvalue weighted by Gasteiger charge is -2.32. The summed E-state index contributed by atoms with van der Waals surface area (Å²) in [5, 5.41) is 0. The van der Waals surface area contributed by atoms with Gasteiger partial charge in [-0.3, -0.25) is 11.3 Å². The second-order valence-corrected chi connectivity index (χ2v) is 4.02. The molecular formula is C10H22N2O. The molecule has 0 bridgehead atoms. The zero-order chi connectivity index (χ0) is 10.5. The first kappa shape index (κ1) is 12.6. The zero-order valence-corrected chi connectivity index (χ0v) is 9.18. The molecule has 0 aliphatic heterocycles. The number of hydrazine groups is 1. The maximum absolute atomic E-state index is 5.46.